The van der Waals surface area contributed by atoms with Crippen LogP contribution in [0.1, 0.15) is 80.9 Å². The standard InChI is InChI=1S/C24H32N6O/c1-16-10-12-29(13-11-16)22(23-26-27-28-30(23)19-6-4-3-5-7-19)20-15-18-14-17(2)8-9-21(18)25-24(20)31/h8-9,14-16,19,22H,3-7,10-13H2,1-2H3,(H,25,31)/t22-/m0/s1. The third-order valence-corrected chi connectivity index (χ3v) is 7.19. The van der Waals surface area contributed by atoms with Gasteiger partial charge in [-0.3, -0.25) is 9.69 Å². The summed E-state index contributed by atoms with van der Waals surface area (Å²) in [6, 6.07) is 8.31. The fraction of sp³-hybridized carbons (Fsp3) is 0.583. The summed E-state index contributed by atoms with van der Waals surface area (Å²) in [6.07, 6.45) is 8.19. The van der Waals surface area contributed by atoms with E-state index in [9.17, 15) is 4.79 Å². The van der Waals surface area contributed by atoms with Gasteiger partial charge in [0.2, 0.25) is 0 Å². The average Bonchev–Trinajstić information content (AvgIpc) is 3.26. The fourth-order valence-electron chi connectivity index (χ4n) is 5.30. The molecule has 1 aromatic carbocycles. The first-order valence-electron chi connectivity index (χ1n) is 11.8. The highest BCUT2D eigenvalue weighted by Crippen LogP contribution is 2.34. The zero-order valence-electron chi connectivity index (χ0n) is 18.5. The molecule has 1 saturated heterocycles. The van der Waals surface area contributed by atoms with E-state index in [0.29, 0.717) is 12.0 Å². The number of tetrazole rings is 1. The molecule has 2 aliphatic rings. The summed E-state index contributed by atoms with van der Waals surface area (Å²) >= 11 is 0. The maximum absolute atomic E-state index is 13.3. The largest absolute Gasteiger partial charge is 0.322 e. The lowest BCUT2D eigenvalue weighted by atomic mass is 9.93. The number of hydrogen-bond acceptors (Lipinski definition) is 5. The quantitative estimate of drug-likeness (QED) is 0.686. The van der Waals surface area contributed by atoms with Crippen molar-refractivity contribution in [2.45, 2.75) is 70.9 Å². The molecule has 164 valence electrons. The van der Waals surface area contributed by atoms with Crippen LogP contribution >= 0.6 is 0 Å². The van der Waals surface area contributed by atoms with E-state index in [-0.39, 0.29) is 11.6 Å². The summed E-state index contributed by atoms with van der Waals surface area (Å²) in [4.78, 5) is 18.8. The van der Waals surface area contributed by atoms with Crippen molar-refractivity contribution in [2.24, 2.45) is 5.92 Å². The molecule has 0 unspecified atom stereocenters. The molecule has 1 atom stereocenters. The first-order chi connectivity index (χ1) is 15.1. The summed E-state index contributed by atoms with van der Waals surface area (Å²) in [5.41, 5.74) is 2.76. The predicted octanol–water partition coefficient (Wildman–Crippen LogP) is 4.15. The molecule has 7 nitrogen and oxygen atoms in total. The van der Waals surface area contributed by atoms with Gasteiger partial charge in [-0.1, -0.05) is 37.8 Å². The number of likely N-dealkylation sites (tertiary alicyclic amines) is 1. The van der Waals surface area contributed by atoms with Gasteiger partial charge in [0.1, 0.15) is 6.04 Å². The second-order valence-electron chi connectivity index (χ2n) is 9.54. The summed E-state index contributed by atoms with van der Waals surface area (Å²) in [6.45, 7) is 6.30. The topological polar surface area (TPSA) is 79.7 Å². The third-order valence-electron chi connectivity index (χ3n) is 7.19. The Hall–Kier alpha value is -2.54. The lowest BCUT2D eigenvalue weighted by Crippen LogP contribution is -2.40. The van der Waals surface area contributed by atoms with Crippen molar-refractivity contribution in [3.63, 3.8) is 0 Å². The maximum Gasteiger partial charge on any atom is 0.253 e. The number of aryl methyl sites for hydroxylation is 1. The van der Waals surface area contributed by atoms with Crippen LogP contribution in [0.2, 0.25) is 0 Å². The lowest BCUT2D eigenvalue weighted by Gasteiger charge is -2.36. The average molecular weight is 421 g/mol. The number of rotatable bonds is 4. The van der Waals surface area contributed by atoms with E-state index in [0.717, 1.165) is 61.1 Å². The molecular formula is C24H32N6O. The van der Waals surface area contributed by atoms with E-state index in [4.69, 9.17) is 0 Å². The smallest absolute Gasteiger partial charge is 0.253 e. The summed E-state index contributed by atoms with van der Waals surface area (Å²) < 4.78 is 2.03. The van der Waals surface area contributed by atoms with Gasteiger partial charge in [-0.15, -0.1) is 5.10 Å². The summed E-state index contributed by atoms with van der Waals surface area (Å²) in [5, 5.41) is 14.1. The van der Waals surface area contributed by atoms with Crippen molar-refractivity contribution in [1.82, 2.24) is 30.1 Å². The van der Waals surface area contributed by atoms with E-state index >= 15 is 0 Å². The normalized spacial score (nSPS) is 20.3. The van der Waals surface area contributed by atoms with Crippen LogP contribution in [0.5, 0.6) is 0 Å². The molecule has 7 heteroatoms. The molecule has 2 aromatic heterocycles. The number of pyridine rings is 1. The molecule has 0 bridgehead atoms. The first kappa shape index (κ1) is 20.4. The van der Waals surface area contributed by atoms with Gasteiger partial charge in [-0.2, -0.15) is 0 Å². The van der Waals surface area contributed by atoms with E-state index in [1.165, 1.54) is 24.8 Å². The van der Waals surface area contributed by atoms with Crippen LogP contribution in [-0.2, 0) is 0 Å². The van der Waals surface area contributed by atoms with Gasteiger partial charge < -0.3 is 4.98 Å². The van der Waals surface area contributed by atoms with Crippen LogP contribution in [0.25, 0.3) is 10.9 Å². The molecule has 5 rings (SSSR count). The van der Waals surface area contributed by atoms with E-state index in [1.54, 1.807) is 0 Å². The van der Waals surface area contributed by atoms with Gasteiger partial charge in [0.05, 0.1) is 6.04 Å². The Kier molecular flexibility index (Phi) is 5.61. The molecule has 2 fully saturated rings. The minimum Gasteiger partial charge on any atom is -0.322 e. The van der Waals surface area contributed by atoms with Crippen molar-refractivity contribution in [2.75, 3.05) is 13.1 Å². The van der Waals surface area contributed by atoms with Gasteiger partial charge in [0.15, 0.2) is 5.82 Å². The summed E-state index contributed by atoms with van der Waals surface area (Å²) in [5.74, 6) is 1.53. The van der Waals surface area contributed by atoms with Gasteiger partial charge in [0, 0.05) is 11.1 Å². The van der Waals surface area contributed by atoms with E-state index < -0.39 is 0 Å². The number of nitrogens with zero attached hydrogens (tertiary/aromatic N) is 5. The molecule has 0 amide bonds. The van der Waals surface area contributed by atoms with Crippen LogP contribution in [0.15, 0.2) is 29.1 Å². The molecule has 1 aliphatic carbocycles. The predicted molar refractivity (Wildman–Crippen MR) is 121 cm³/mol. The minimum atomic E-state index is -0.224. The van der Waals surface area contributed by atoms with Crippen LogP contribution in [0.3, 0.4) is 0 Å². The Bertz CT molecular complexity index is 1100. The molecule has 1 N–H and O–H groups in total. The fourth-order valence-corrected chi connectivity index (χ4v) is 5.30. The second-order valence-corrected chi connectivity index (χ2v) is 9.54. The number of H-pyrrole nitrogens is 1. The molecule has 3 heterocycles. The van der Waals surface area contributed by atoms with Crippen molar-refractivity contribution >= 4 is 10.9 Å². The highest BCUT2D eigenvalue weighted by Gasteiger charge is 2.34. The van der Waals surface area contributed by atoms with Crippen LogP contribution in [0, 0.1) is 12.8 Å². The zero-order chi connectivity index (χ0) is 21.4. The Morgan fingerprint density at radius 3 is 2.61 bits per heavy atom. The number of aromatic amines is 1. The molecule has 0 radical (unpaired) electrons. The van der Waals surface area contributed by atoms with Crippen molar-refractivity contribution in [3.05, 3.63) is 51.6 Å². The van der Waals surface area contributed by atoms with Crippen LogP contribution in [-0.4, -0.2) is 43.2 Å². The third kappa shape index (κ3) is 4.03. The first-order valence-corrected chi connectivity index (χ1v) is 11.8. The highest BCUT2D eigenvalue weighted by molar-refractivity contribution is 5.79. The molecule has 31 heavy (non-hydrogen) atoms. The molecule has 1 aliphatic heterocycles. The van der Waals surface area contributed by atoms with E-state index in [1.807, 2.05) is 16.8 Å². The Balaban J connectivity index is 1.62. The number of aromatic nitrogens is 5. The Morgan fingerprint density at radius 1 is 1.06 bits per heavy atom. The molecule has 3 aromatic rings. The lowest BCUT2D eigenvalue weighted by molar-refractivity contribution is 0.146. The van der Waals surface area contributed by atoms with Gasteiger partial charge in [-0.25, -0.2) is 4.68 Å². The highest BCUT2D eigenvalue weighted by atomic mass is 16.1. The number of hydrogen-bond donors (Lipinski definition) is 1. The number of piperidine rings is 1. The van der Waals surface area contributed by atoms with Gasteiger partial charge >= 0.3 is 0 Å². The maximum atomic E-state index is 13.3. The molecule has 1 saturated carbocycles. The van der Waals surface area contributed by atoms with Crippen molar-refractivity contribution in [1.29, 1.82) is 0 Å². The minimum absolute atomic E-state index is 0.0434. The number of nitrogens with one attached hydrogen (secondary N) is 1. The van der Waals surface area contributed by atoms with Gasteiger partial charge in [0.25, 0.3) is 5.56 Å². The van der Waals surface area contributed by atoms with Crippen molar-refractivity contribution in [3.8, 4) is 0 Å². The Labute approximate surface area is 182 Å². The SMILES string of the molecule is Cc1ccc2[nH]c(=O)c([C@@H](c3nnnn3C3CCCCC3)N3CCC(C)CC3)cc2c1. The van der Waals surface area contributed by atoms with Crippen LogP contribution in [0.4, 0.5) is 0 Å². The number of benzene rings is 1. The van der Waals surface area contributed by atoms with E-state index in [2.05, 4.69) is 51.4 Å². The van der Waals surface area contributed by atoms with Gasteiger partial charge in [-0.05, 0) is 85.6 Å². The van der Waals surface area contributed by atoms with Crippen molar-refractivity contribution < 1.29 is 0 Å². The Morgan fingerprint density at radius 2 is 1.84 bits per heavy atom. The monoisotopic (exact) mass is 420 g/mol. The zero-order valence-corrected chi connectivity index (χ0v) is 18.5. The number of fused-ring (bicyclic) bond motifs is 1. The summed E-state index contributed by atoms with van der Waals surface area (Å²) in [7, 11) is 0. The molecular weight excluding hydrogens is 388 g/mol. The second kappa shape index (κ2) is 8.54. The van der Waals surface area contributed by atoms with Crippen LogP contribution < -0.4 is 5.56 Å². The molecule has 0 spiro atoms.